The molecule has 20 heavy (non-hydrogen) atoms. The maximum absolute atomic E-state index is 11.9. The van der Waals surface area contributed by atoms with E-state index < -0.39 is 11.9 Å². The molecule has 106 valence electrons. The molecule has 1 heterocycles. The number of esters is 2. The fourth-order valence-electron chi connectivity index (χ4n) is 1.91. The molecular formula is C14H13BrO5. The molecule has 0 spiro atoms. The highest BCUT2D eigenvalue weighted by atomic mass is 79.9. The Bertz CT molecular complexity index is 659. The summed E-state index contributed by atoms with van der Waals surface area (Å²) >= 11 is 3.32. The van der Waals surface area contributed by atoms with Gasteiger partial charge in [-0.05, 0) is 19.1 Å². The highest BCUT2D eigenvalue weighted by Crippen LogP contribution is 2.35. The molecule has 1 aromatic heterocycles. The lowest BCUT2D eigenvalue weighted by atomic mass is 10.1. The molecule has 0 atom stereocenters. The molecule has 1 aromatic carbocycles. The summed E-state index contributed by atoms with van der Waals surface area (Å²) in [6, 6.07) is 5.05. The maximum atomic E-state index is 11.9. The summed E-state index contributed by atoms with van der Waals surface area (Å²) in [5, 5.41) is 0.981. The number of hydrogen-bond donors (Lipinski definition) is 0. The van der Waals surface area contributed by atoms with Crippen LogP contribution in [0.3, 0.4) is 0 Å². The van der Waals surface area contributed by atoms with Crippen LogP contribution in [0.2, 0.25) is 0 Å². The number of ether oxygens (including phenoxy) is 2. The molecule has 0 saturated heterocycles. The molecule has 0 fully saturated rings. The van der Waals surface area contributed by atoms with Crippen molar-refractivity contribution in [2.24, 2.45) is 0 Å². The van der Waals surface area contributed by atoms with Gasteiger partial charge < -0.3 is 13.9 Å². The van der Waals surface area contributed by atoms with Gasteiger partial charge in [-0.2, -0.15) is 0 Å². The quantitative estimate of drug-likeness (QED) is 0.484. The minimum absolute atomic E-state index is 0.123. The fourth-order valence-corrected chi connectivity index (χ4v) is 2.44. The van der Waals surface area contributed by atoms with Crippen molar-refractivity contribution in [2.75, 3.05) is 6.61 Å². The van der Waals surface area contributed by atoms with Crippen molar-refractivity contribution in [1.82, 2.24) is 0 Å². The lowest BCUT2D eigenvalue weighted by molar-refractivity contribution is -0.131. The minimum atomic E-state index is -0.535. The van der Waals surface area contributed by atoms with Gasteiger partial charge in [-0.15, -0.1) is 0 Å². The summed E-state index contributed by atoms with van der Waals surface area (Å²) in [7, 11) is 0. The predicted octanol–water partition coefficient (Wildman–Crippen LogP) is 3.43. The van der Waals surface area contributed by atoms with Gasteiger partial charge in [-0.25, -0.2) is 4.79 Å². The minimum Gasteiger partial charge on any atom is -0.460 e. The van der Waals surface area contributed by atoms with Crippen LogP contribution in [0.15, 0.2) is 22.6 Å². The van der Waals surface area contributed by atoms with Crippen LogP contribution in [0.1, 0.15) is 30.0 Å². The first-order chi connectivity index (χ1) is 9.58. The van der Waals surface area contributed by atoms with Crippen molar-refractivity contribution < 1.29 is 23.5 Å². The Hall–Kier alpha value is -1.82. The third-order valence-corrected chi connectivity index (χ3v) is 3.18. The van der Waals surface area contributed by atoms with E-state index in [1.165, 1.54) is 6.92 Å². The number of fused-ring (bicyclic) bond motifs is 1. The highest BCUT2D eigenvalue weighted by Gasteiger charge is 2.23. The fraction of sp³-hybridized carbons (Fsp3) is 0.286. The zero-order valence-corrected chi connectivity index (χ0v) is 12.7. The molecule has 0 aliphatic rings. The van der Waals surface area contributed by atoms with Crippen molar-refractivity contribution in [3.8, 4) is 5.75 Å². The van der Waals surface area contributed by atoms with Gasteiger partial charge in [-0.3, -0.25) is 4.79 Å². The van der Waals surface area contributed by atoms with Crippen molar-refractivity contribution in [1.29, 1.82) is 0 Å². The zero-order chi connectivity index (χ0) is 14.7. The molecule has 0 bridgehead atoms. The van der Waals surface area contributed by atoms with Crippen molar-refractivity contribution >= 4 is 38.8 Å². The molecule has 0 unspecified atom stereocenters. The van der Waals surface area contributed by atoms with Crippen LogP contribution < -0.4 is 4.74 Å². The van der Waals surface area contributed by atoms with E-state index in [1.807, 2.05) is 0 Å². The first kappa shape index (κ1) is 14.6. The number of hydrogen-bond acceptors (Lipinski definition) is 5. The lowest BCUT2D eigenvalue weighted by Crippen LogP contribution is -2.06. The summed E-state index contributed by atoms with van der Waals surface area (Å²) in [5.74, 6) is -0.481. The van der Waals surface area contributed by atoms with E-state index in [9.17, 15) is 9.59 Å². The average molecular weight is 341 g/mol. The van der Waals surface area contributed by atoms with Crippen LogP contribution in [0, 0.1) is 0 Å². The van der Waals surface area contributed by atoms with E-state index in [4.69, 9.17) is 13.9 Å². The second kappa shape index (κ2) is 6.09. The van der Waals surface area contributed by atoms with Gasteiger partial charge in [0.1, 0.15) is 11.3 Å². The Labute approximate surface area is 124 Å². The van der Waals surface area contributed by atoms with Gasteiger partial charge in [0.2, 0.25) is 5.76 Å². The first-order valence-corrected chi connectivity index (χ1v) is 7.16. The van der Waals surface area contributed by atoms with Crippen LogP contribution in [-0.2, 0) is 14.9 Å². The van der Waals surface area contributed by atoms with E-state index in [2.05, 4.69) is 15.9 Å². The molecule has 2 aromatic rings. The van der Waals surface area contributed by atoms with Gasteiger partial charge in [0.25, 0.3) is 0 Å². The van der Waals surface area contributed by atoms with Gasteiger partial charge in [0.15, 0.2) is 0 Å². The van der Waals surface area contributed by atoms with E-state index in [-0.39, 0.29) is 12.4 Å². The summed E-state index contributed by atoms with van der Waals surface area (Å²) < 4.78 is 15.6. The standard InChI is InChI=1S/C14H13BrO5/c1-3-18-14(17)13-9(7-15)12-10(19-8(2)16)5-4-6-11(12)20-13/h4-6H,3,7H2,1-2H3. The molecule has 0 saturated carbocycles. The van der Waals surface area contributed by atoms with Crippen LogP contribution in [0.5, 0.6) is 5.75 Å². The van der Waals surface area contributed by atoms with Crippen LogP contribution in [0.25, 0.3) is 11.0 Å². The van der Waals surface area contributed by atoms with Gasteiger partial charge in [0, 0.05) is 17.8 Å². The Morgan fingerprint density at radius 1 is 1.35 bits per heavy atom. The summed E-state index contributed by atoms with van der Waals surface area (Å²) in [4.78, 5) is 23.0. The number of furan rings is 1. The molecule has 5 nitrogen and oxygen atoms in total. The largest absolute Gasteiger partial charge is 0.460 e. The molecule has 0 aliphatic carbocycles. The average Bonchev–Trinajstić information content (AvgIpc) is 2.78. The zero-order valence-electron chi connectivity index (χ0n) is 11.1. The highest BCUT2D eigenvalue weighted by molar-refractivity contribution is 9.08. The van der Waals surface area contributed by atoms with E-state index >= 15 is 0 Å². The molecule has 0 aliphatic heterocycles. The molecule has 0 N–H and O–H groups in total. The number of alkyl halides is 1. The van der Waals surface area contributed by atoms with Crippen LogP contribution in [-0.4, -0.2) is 18.5 Å². The Morgan fingerprint density at radius 3 is 2.70 bits per heavy atom. The summed E-state index contributed by atoms with van der Waals surface area (Å²) in [6.07, 6.45) is 0. The van der Waals surface area contributed by atoms with Crippen LogP contribution in [0.4, 0.5) is 0 Å². The van der Waals surface area contributed by atoms with Crippen molar-refractivity contribution in [2.45, 2.75) is 19.2 Å². The number of carbonyl (C=O) groups excluding carboxylic acids is 2. The number of halogens is 1. The van der Waals surface area contributed by atoms with E-state index in [0.717, 1.165) is 0 Å². The second-order valence-corrected chi connectivity index (χ2v) is 4.55. The van der Waals surface area contributed by atoms with Crippen LogP contribution >= 0.6 is 15.9 Å². The monoisotopic (exact) mass is 340 g/mol. The number of carbonyl (C=O) groups is 2. The lowest BCUT2D eigenvalue weighted by Gasteiger charge is -2.03. The number of rotatable bonds is 4. The Balaban J connectivity index is 2.62. The first-order valence-electron chi connectivity index (χ1n) is 6.04. The number of benzene rings is 1. The maximum Gasteiger partial charge on any atom is 0.374 e. The smallest absolute Gasteiger partial charge is 0.374 e. The molecular weight excluding hydrogens is 328 g/mol. The molecule has 0 amide bonds. The third-order valence-electron chi connectivity index (χ3n) is 2.62. The predicted molar refractivity (Wildman–Crippen MR) is 76.1 cm³/mol. The molecule has 0 radical (unpaired) electrons. The van der Waals surface area contributed by atoms with E-state index in [0.29, 0.717) is 27.6 Å². The third kappa shape index (κ3) is 2.70. The second-order valence-electron chi connectivity index (χ2n) is 3.99. The Morgan fingerprint density at radius 2 is 2.10 bits per heavy atom. The molecule has 2 rings (SSSR count). The van der Waals surface area contributed by atoms with Crippen molar-refractivity contribution in [3.63, 3.8) is 0 Å². The Kier molecular flexibility index (Phi) is 4.44. The van der Waals surface area contributed by atoms with E-state index in [1.54, 1.807) is 25.1 Å². The van der Waals surface area contributed by atoms with Gasteiger partial charge >= 0.3 is 11.9 Å². The van der Waals surface area contributed by atoms with Gasteiger partial charge in [-0.1, -0.05) is 22.0 Å². The van der Waals surface area contributed by atoms with Gasteiger partial charge in [0.05, 0.1) is 12.0 Å². The normalized spacial score (nSPS) is 10.6. The van der Waals surface area contributed by atoms with Crippen molar-refractivity contribution in [3.05, 3.63) is 29.5 Å². The summed E-state index contributed by atoms with van der Waals surface area (Å²) in [6.45, 7) is 3.30. The SMILES string of the molecule is CCOC(=O)c1oc2cccc(OC(C)=O)c2c1CBr. The topological polar surface area (TPSA) is 65.7 Å². The molecule has 6 heteroatoms. The summed E-state index contributed by atoms with van der Waals surface area (Å²) in [5.41, 5.74) is 1.08.